The highest BCUT2D eigenvalue weighted by Crippen LogP contribution is 2.08. The minimum absolute atomic E-state index is 0.706. The van der Waals surface area contributed by atoms with Crippen molar-refractivity contribution in [3.63, 3.8) is 0 Å². The third kappa shape index (κ3) is 4.12. The molecule has 80 valence electrons. The molecule has 0 bridgehead atoms. The van der Waals surface area contributed by atoms with E-state index in [-0.39, 0.29) is 0 Å². The largest absolute Gasteiger partial charge is 0.327 e. The first-order valence-electron chi connectivity index (χ1n) is 5.22. The molecule has 0 aromatic carbocycles. The van der Waals surface area contributed by atoms with Gasteiger partial charge >= 0.3 is 0 Å². The zero-order valence-electron chi connectivity index (χ0n) is 9.55. The van der Waals surface area contributed by atoms with Crippen LogP contribution in [0.25, 0.3) is 0 Å². The van der Waals surface area contributed by atoms with Crippen molar-refractivity contribution in [2.75, 3.05) is 19.6 Å². The van der Waals surface area contributed by atoms with E-state index < -0.39 is 17.4 Å². The highest BCUT2D eigenvalue weighted by Gasteiger charge is 2.24. The van der Waals surface area contributed by atoms with E-state index in [1.54, 1.807) is 0 Å². The average molecular weight is 239 g/mol. The molecule has 2 nitrogen and oxygen atoms in total. The van der Waals surface area contributed by atoms with Gasteiger partial charge in [-0.05, 0) is 19.6 Å². The third-order valence-corrected chi connectivity index (χ3v) is 11.1. The molecule has 0 spiro atoms. The second-order valence-corrected chi connectivity index (χ2v) is 10.1. The molecule has 1 atom stereocenters. The summed E-state index contributed by atoms with van der Waals surface area (Å²) < 4.78 is 4.99. The van der Waals surface area contributed by atoms with Crippen molar-refractivity contribution in [2.45, 2.75) is 33.9 Å². The number of halogens is 1. The number of nitrogens with zero attached hydrogens (tertiary/aromatic N) is 2. The topological polar surface area (TPSA) is 6.48 Å². The lowest BCUT2D eigenvalue weighted by Crippen LogP contribution is -2.53. The minimum atomic E-state index is -1.29. The van der Waals surface area contributed by atoms with Gasteiger partial charge in [-0.2, -0.15) is 0 Å². The Labute approximate surface area is 91.0 Å². The Morgan fingerprint density at radius 2 is 1.46 bits per heavy atom. The van der Waals surface area contributed by atoms with E-state index in [0.29, 0.717) is 0 Å². The highest BCUT2D eigenvalue weighted by atomic mass is 35.6. The van der Waals surface area contributed by atoms with E-state index in [1.165, 1.54) is 0 Å². The molecule has 0 fully saturated rings. The predicted molar refractivity (Wildman–Crippen MR) is 67.2 cm³/mol. The Morgan fingerprint density at radius 1 is 1.00 bits per heavy atom. The van der Waals surface area contributed by atoms with Gasteiger partial charge in [-0.3, -0.25) is 0 Å². The fourth-order valence-corrected chi connectivity index (χ4v) is 9.35. The van der Waals surface area contributed by atoms with Crippen molar-refractivity contribution < 1.29 is 0 Å². The van der Waals surface area contributed by atoms with E-state index in [1.807, 2.05) is 0 Å². The molecule has 1 unspecified atom stereocenters. The molecule has 0 saturated carbocycles. The van der Waals surface area contributed by atoms with Crippen LogP contribution in [0.15, 0.2) is 0 Å². The molecule has 0 N–H and O–H groups in total. The number of hydrogen-bond acceptors (Lipinski definition) is 2. The summed E-state index contributed by atoms with van der Waals surface area (Å²) in [5.74, 6) is 0. The van der Waals surface area contributed by atoms with Crippen molar-refractivity contribution in [1.82, 2.24) is 8.80 Å². The lowest BCUT2D eigenvalue weighted by atomic mass is 10.7. The second kappa shape index (κ2) is 7.00. The summed E-state index contributed by atoms with van der Waals surface area (Å²) in [6.07, 6.45) is 0. The Morgan fingerprint density at radius 3 is 1.69 bits per heavy atom. The smallest absolute Gasteiger partial charge is 0.284 e. The molecule has 0 radical (unpaired) electrons. The maximum atomic E-state index is 6.53. The van der Waals surface area contributed by atoms with Crippen LogP contribution in [0.1, 0.15) is 20.8 Å². The third-order valence-electron chi connectivity index (χ3n) is 2.42. The summed E-state index contributed by atoms with van der Waals surface area (Å²) in [7, 11) is -2.00. The van der Waals surface area contributed by atoms with Crippen LogP contribution < -0.4 is 0 Å². The van der Waals surface area contributed by atoms with Gasteiger partial charge in [0, 0.05) is 0 Å². The molecule has 5 heteroatoms. The van der Waals surface area contributed by atoms with E-state index in [9.17, 15) is 0 Å². The first-order chi connectivity index (χ1) is 6.08. The molecule has 13 heavy (non-hydrogen) atoms. The van der Waals surface area contributed by atoms with Crippen molar-refractivity contribution in [3.8, 4) is 0 Å². The molecule has 0 rings (SSSR count). The van der Waals surface area contributed by atoms with Crippen LogP contribution in [0.4, 0.5) is 0 Å². The number of hydrogen-bond donors (Lipinski definition) is 0. The van der Waals surface area contributed by atoms with Crippen LogP contribution in [0.2, 0.25) is 13.1 Å². The van der Waals surface area contributed by atoms with Crippen LogP contribution >= 0.6 is 11.1 Å². The molecule has 0 aromatic rings. The van der Waals surface area contributed by atoms with Gasteiger partial charge in [-0.25, -0.2) is 0 Å². The van der Waals surface area contributed by atoms with Crippen molar-refractivity contribution in [2.24, 2.45) is 0 Å². The fourth-order valence-electron chi connectivity index (χ4n) is 1.50. The maximum absolute atomic E-state index is 6.53. The summed E-state index contributed by atoms with van der Waals surface area (Å²) in [6, 6.07) is 0. The normalized spacial score (nSPS) is 14.5. The molecule has 0 aliphatic rings. The number of rotatable bonds is 6. The lowest BCUT2D eigenvalue weighted by Gasteiger charge is -2.34. The van der Waals surface area contributed by atoms with Gasteiger partial charge in [0.25, 0.3) is 8.43 Å². The Balaban J connectivity index is 4.24. The first-order valence-corrected chi connectivity index (χ1v) is 10.8. The van der Waals surface area contributed by atoms with Gasteiger partial charge < -0.3 is 8.80 Å². The highest BCUT2D eigenvalue weighted by molar-refractivity contribution is 7.06. The van der Waals surface area contributed by atoms with E-state index in [2.05, 4.69) is 42.7 Å². The molecule has 0 aliphatic carbocycles. The molecular weight excluding hydrogens is 216 g/mol. The van der Waals surface area contributed by atoms with Crippen molar-refractivity contribution in [1.29, 1.82) is 0 Å². The summed E-state index contributed by atoms with van der Waals surface area (Å²) in [5, 5.41) is 0. The molecule has 0 aromatic heterocycles. The summed E-state index contributed by atoms with van der Waals surface area (Å²) in [6.45, 7) is 14.6. The monoisotopic (exact) mass is 238 g/mol. The second-order valence-electron chi connectivity index (χ2n) is 3.46. The molecule has 0 amide bonds. The van der Waals surface area contributed by atoms with Gasteiger partial charge in [0.15, 0.2) is 0 Å². The zero-order chi connectivity index (χ0) is 10.4. The van der Waals surface area contributed by atoms with Gasteiger partial charge in [0.1, 0.15) is 8.96 Å². The maximum Gasteiger partial charge on any atom is 0.284 e. The first kappa shape index (κ1) is 13.6. The molecule has 0 aliphatic heterocycles. The predicted octanol–water partition coefficient (Wildman–Crippen LogP) is 1.59. The van der Waals surface area contributed by atoms with Gasteiger partial charge in [0.2, 0.25) is 0 Å². The van der Waals surface area contributed by atoms with Crippen LogP contribution in [0, 0.1) is 0 Å². The Hall–Kier alpha value is 0.644. The standard InChI is InChI=1S/C8H23ClN2Si2/c1-6-10(7-2)13(9)11(8-3)12(4)5/h12-13H,6-8H2,1-5H3. The Bertz CT molecular complexity index is 131. The molecular formula is C8H23ClN2Si2. The summed E-state index contributed by atoms with van der Waals surface area (Å²) >= 11 is 6.53. The fraction of sp³-hybridized carbons (Fsp3) is 1.00. The molecule has 0 heterocycles. The minimum Gasteiger partial charge on any atom is -0.327 e. The van der Waals surface area contributed by atoms with Crippen molar-refractivity contribution in [3.05, 3.63) is 0 Å². The SMILES string of the molecule is CCN(CC)[SiH](Cl)N(CC)[SiH](C)C. The van der Waals surface area contributed by atoms with Crippen LogP contribution in [0.5, 0.6) is 0 Å². The Kier molecular flexibility index (Phi) is 7.35. The van der Waals surface area contributed by atoms with Crippen molar-refractivity contribution >= 4 is 28.5 Å². The van der Waals surface area contributed by atoms with E-state index >= 15 is 0 Å². The summed E-state index contributed by atoms with van der Waals surface area (Å²) in [4.78, 5) is 0. The molecule has 0 saturated heterocycles. The quantitative estimate of drug-likeness (QED) is 0.512. The van der Waals surface area contributed by atoms with E-state index in [0.717, 1.165) is 19.6 Å². The van der Waals surface area contributed by atoms with Crippen LogP contribution in [0.3, 0.4) is 0 Å². The lowest BCUT2D eigenvalue weighted by molar-refractivity contribution is 0.451. The van der Waals surface area contributed by atoms with Crippen LogP contribution in [-0.4, -0.2) is 45.8 Å². The van der Waals surface area contributed by atoms with Gasteiger partial charge in [-0.15, -0.1) is 11.1 Å². The van der Waals surface area contributed by atoms with Gasteiger partial charge in [-0.1, -0.05) is 33.9 Å². The van der Waals surface area contributed by atoms with E-state index in [4.69, 9.17) is 11.1 Å². The van der Waals surface area contributed by atoms with Crippen LogP contribution in [-0.2, 0) is 0 Å². The zero-order valence-corrected chi connectivity index (χ0v) is 12.6. The summed E-state index contributed by atoms with van der Waals surface area (Å²) in [5.41, 5.74) is 0. The average Bonchev–Trinajstić information content (AvgIpc) is 2.07. The van der Waals surface area contributed by atoms with Gasteiger partial charge in [0.05, 0.1) is 0 Å².